The molecule has 3 aromatic rings. The molecule has 0 atom stereocenters. The van der Waals surface area contributed by atoms with E-state index in [0.717, 1.165) is 0 Å². The largest absolute Gasteiger partial charge is 0.494 e. The highest BCUT2D eigenvalue weighted by Crippen LogP contribution is 2.23. The van der Waals surface area contributed by atoms with Gasteiger partial charge in [-0.05, 0) is 30.3 Å². The molecular weight excluding hydrogens is 259 g/mol. The van der Waals surface area contributed by atoms with Gasteiger partial charge in [0.25, 0.3) is 5.56 Å². The van der Waals surface area contributed by atoms with Crippen molar-refractivity contribution in [3.05, 3.63) is 64.8 Å². The van der Waals surface area contributed by atoms with Gasteiger partial charge in [0.05, 0.1) is 12.8 Å². The van der Waals surface area contributed by atoms with Crippen LogP contribution in [0.4, 0.5) is 4.39 Å². The van der Waals surface area contributed by atoms with Gasteiger partial charge in [-0.1, -0.05) is 6.07 Å². The predicted octanol–water partition coefficient (Wildman–Crippen LogP) is 2.51. The van der Waals surface area contributed by atoms with Gasteiger partial charge in [0, 0.05) is 17.8 Å². The highest BCUT2D eigenvalue weighted by atomic mass is 19.1. The van der Waals surface area contributed by atoms with Crippen molar-refractivity contribution in [3.8, 4) is 17.0 Å². The minimum Gasteiger partial charge on any atom is -0.494 e. The highest BCUT2D eigenvalue weighted by molar-refractivity contribution is 5.62. The molecule has 0 fully saturated rings. The average Bonchev–Trinajstić information content (AvgIpc) is 2.47. The lowest BCUT2D eigenvalue weighted by Gasteiger charge is -2.06. The van der Waals surface area contributed by atoms with Crippen molar-refractivity contribution in [1.29, 1.82) is 0 Å². The maximum absolute atomic E-state index is 13.7. The fourth-order valence-electron chi connectivity index (χ4n) is 2.03. The van der Waals surface area contributed by atoms with Crippen molar-refractivity contribution in [3.63, 3.8) is 0 Å². The number of rotatable bonds is 2. The Bertz CT molecular complexity index is 843. The van der Waals surface area contributed by atoms with Crippen molar-refractivity contribution in [2.24, 2.45) is 0 Å². The SMILES string of the molecule is COc1ccc(-c2cc(=O)n3ccccc3n2)cc1F. The number of nitrogens with zero attached hydrogens (tertiary/aromatic N) is 2. The zero-order valence-electron chi connectivity index (χ0n) is 10.7. The number of aromatic nitrogens is 2. The number of ether oxygens (including phenoxy) is 1. The summed E-state index contributed by atoms with van der Waals surface area (Å²) in [5.41, 5.74) is 1.28. The first kappa shape index (κ1) is 12.3. The topological polar surface area (TPSA) is 43.6 Å². The number of fused-ring (bicyclic) bond motifs is 1. The smallest absolute Gasteiger partial charge is 0.258 e. The van der Waals surface area contributed by atoms with Crippen molar-refractivity contribution in [1.82, 2.24) is 9.38 Å². The second-order valence-electron chi connectivity index (χ2n) is 4.26. The molecule has 4 nitrogen and oxygen atoms in total. The van der Waals surface area contributed by atoms with Crippen LogP contribution in [-0.4, -0.2) is 16.5 Å². The summed E-state index contributed by atoms with van der Waals surface area (Å²) in [5, 5.41) is 0. The van der Waals surface area contributed by atoms with Gasteiger partial charge in [-0.15, -0.1) is 0 Å². The first-order chi connectivity index (χ1) is 9.69. The molecule has 0 amide bonds. The van der Waals surface area contributed by atoms with Crippen LogP contribution >= 0.6 is 0 Å². The zero-order valence-corrected chi connectivity index (χ0v) is 10.7. The van der Waals surface area contributed by atoms with Crippen molar-refractivity contribution in [2.75, 3.05) is 7.11 Å². The first-order valence-electron chi connectivity index (χ1n) is 6.01. The van der Waals surface area contributed by atoms with Crippen LogP contribution in [0.3, 0.4) is 0 Å². The molecular formula is C15H11FN2O2. The van der Waals surface area contributed by atoms with E-state index < -0.39 is 5.82 Å². The molecule has 0 N–H and O–H groups in total. The van der Waals surface area contributed by atoms with Crippen LogP contribution < -0.4 is 10.3 Å². The normalized spacial score (nSPS) is 10.7. The van der Waals surface area contributed by atoms with Crippen LogP contribution in [0.5, 0.6) is 5.75 Å². The van der Waals surface area contributed by atoms with Gasteiger partial charge in [0.2, 0.25) is 0 Å². The third-order valence-corrected chi connectivity index (χ3v) is 3.02. The minimum absolute atomic E-state index is 0.159. The molecule has 0 aliphatic carbocycles. The lowest BCUT2D eigenvalue weighted by molar-refractivity contribution is 0.386. The summed E-state index contributed by atoms with van der Waals surface area (Å²) in [6.07, 6.45) is 1.64. The molecule has 1 aromatic carbocycles. The summed E-state index contributed by atoms with van der Waals surface area (Å²) >= 11 is 0. The van der Waals surface area contributed by atoms with E-state index in [9.17, 15) is 9.18 Å². The van der Waals surface area contributed by atoms with Gasteiger partial charge >= 0.3 is 0 Å². The summed E-state index contributed by atoms with van der Waals surface area (Å²) in [6.45, 7) is 0. The van der Waals surface area contributed by atoms with E-state index in [2.05, 4.69) is 4.98 Å². The predicted molar refractivity (Wildman–Crippen MR) is 73.4 cm³/mol. The van der Waals surface area contributed by atoms with Gasteiger partial charge < -0.3 is 4.74 Å². The Labute approximate surface area is 114 Å². The number of methoxy groups -OCH3 is 1. The average molecular weight is 270 g/mol. The van der Waals surface area contributed by atoms with Crippen LogP contribution in [0.2, 0.25) is 0 Å². The van der Waals surface area contributed by atoms with E-state index in [1.54, 1.807) is 30.5 Å². The van der Waals surface area contributed by atoms with Gasteiger partial charge in [0.1, 0.15) is 5.65 Å². The van der Waals surface area contributed by atoms with E-state index in [-0.39, 0.29) is 11.3 Å². The van der Waals surface area contributed by atoms with Gasteiger partial charge in [-0.3, -0.25) is 9.20 Å². The zero-order chi connectivity index (χ0) is 14.1. The van der Waals surface area contributed by atoms with Gasteiger partial charge in [-0.2, -0.15) is 0 Å². The molecule has 0 saturated heterocycles. The lowest BCUT2D eigenvalue weighted by Crippen LogP contribution is -2.13. The quantitative estimate of drug-likeness (QED) is 0.718. The highest BCUT2D eigenvalue weighted by Gasteiger charge is 2.08. The van der Waals surface area contributed by atoms with Crippen molar-refractivity contribution in [2.45, 2.75) is 0 Å². The number of hydrogen-bond donors (Lipinski definition) is 0. The lowest BCUT2D eigenvalue weighted by atomic mass is 10.1. The maximum atomic E-state index is 13.7. The van der Waals surface area contributed by atoms with E-state index in [1.807, 2.05) is 0 Å². The van der Waals surface area contributed by atoms with Crippen LogP contribution in [0, 0.1) is 5.82 Å². The fourth-order valence-corrected chi connectivity index (χ4v) is 2.03. The molecule has 0 spiro atoms. The molecule has 0 unspecified atom stereocenters. The molecule has 3 rings (SSSR count). The Balaban J connectivity index is 2.19. The minimum atomic E-state index is -0.486. The third kappa shape index (κ3) is 2.03. The summed E-state index contributed by atoms with van der Waals surface area (Å²) in [6, 6.07) is 11.1. The second-order valence-corrected chi connectivity index (χ2v) is 4.26. The van der Waals surface area contributed by atoms with E-state index >= 15 is 0 Å². The number of benzene rings is 1. The molecule has 2 heterocycles. The summed E-state index contributed by atoms with van der Waals surface area (Å²) in [5.74, 6) is -0.327. The third-order valence-electron chi connectivity index (χ3n) is 3.02. The standard InChI is InChI=1S/C15H11FN2O2/c1-20-13-6-5-10(8-11(13)16)12-9-15(19)18-7-3-2-4-14(18)17-12/h2-9H,1H3. The van der Waals surface area contributed by atoms with Gasteiger partial charge in [0.15, 0.2) is 11.6 Å². The first-order valence-corrected chi connectivity index (χ1v) is 6.01. The molecule has 0 aliphatic heterocycles. The van der Waals surface area contributed by atoms with Crippen LogP contribution in [0.25, 0.3) is 16.9 Å². The van der Waals surface area contributed by atoms with Crippen LogP contribution in [-0.2, 0) is 0 Å². The monoisotopic (exact) mass is 270 g/mol. The van der Waals surface area contributed by atoms with Crippen LogP contribution in [0.15, 0.2) is 53.5 Å². The Morgan fingerprint density at radius 1 is 1.20 bits per heavy atom. The molecule has 20 heavy (non-hydrogen) atoms. The van der Waals surface area contributed by atoms with Crippen LogP contribution in [0.1, 0.15) is 0 Å². The number of pyridine rings is 1. The second kappa shape index (κ2) is 4.77. The molecule has 0 aliphatic rings. The number of hydrogen-bond acceptors (Lipinski definition) is 3. The molecule has 0 saturated carbocycles. The fraction of sp³-hybridized carbons (Fsp3) is 0.0667. The molecule has 2 aromatic heterocycles. The van der Waals surface area contributed by atoms with E-state index in [1.165, 1.54) is 29.7 Å². The van der Waals surface area contributed by atoms with E-state index in [4.69, 9.17) is 4.74 Å². The molecule has 5 heteroatoms. The van der Waals surface area contributed by atoms with Crippen molar-refractivity contribution >= 4 is 5.65 Å². The summed E-state index contributed by atoms with van der Waals surface area (Å²) in [4.78, 5) is 16.3. The Hall–Kier alpha value is -2.69. The molecule has 100 valence electrons. The maximum Gasteiger partial charge on any atom is 0.258 e. The molecule has 0 bridgehead atoms. The Morgan fingerprint density at radius 2 is 2.05 bits per heavy atom. The summed E-state index contributed by atoms with van der Waals surface area (Å²) in [7, 11) is 1.40. The summed E-state index contributed by atoms with van der Waals surface area (Å²) < 4.78 is 20.0. The van der Waals surface area contributed by atoms with Gasteiger partial charge in [-0.25, -0.2) is 9.37 Å². The number of halogens is 1. The molecule has 0 radical (unpaired) electrons. The van der Waals surface area contributed by atoms with E-state index in [0.29, 0.717) is 16.9 Å². The Morgan fingerprint density at radius 3 is 2.80 bits per heavy atom. The van der Waals surface area contributed by atoms with Crippen molar-refractivity contribution < 1.29 is 9.13 Å². The Kier molecular flexibility index (Phi) is 2.95.